The number of hydrogen-bond acceptors (Lipinski definition) is 6. The summed E-state index contributed by atoms with van der Waals surface area (Å²) in [5.74, 6) is 0.201. The number of thiazole rings is 1. The highest BCUT2D eigenvalue weighted by molar-refractivity contribution is 7.18. The minimum atomic E-state index is 0.201. The van der Waals surface area contributed by atoms with Crippen LogP contribution in [0.2, 0.25) is 0 Å². The van der Waals surface area contributed by atoms with E-state index in [4.69, 9.17) is 0 Å². The first-order chi connectivity index (χ1) is 10.2. The van der Waals surface area contributed by atoms with Crippen LogP contribution in [0, 0.1) is 0 Å². The number of aromatic nitrogens is 1. The van der Waals surface area contributed by atoms with E-state index in [1.807, 2.05) is 0 Å². The number of hydrogen-bond donors (Lipinski definition) is 2. The predicted octanol–water partition coefficient (Wildman–Crippen LogP) is 3.69. The number of carbonyl (C=O) groups is 1. The van der Waals surface area contributed by atoms with Gasteiger partial charge in [0.1, 0.15) is 17.0 Å². The smallest absolute Gasteiger partial charge is 0.171 e. The van der Waals surface area contributed by atoms with Crippen LogP contribution in [0.4, 0.5) is 0 Å². The Bertz CT molecular complexity index is 775. The number of aromatic hydroxyl groups is 2. The summed E-state index contributed by atoms with van der Waals surface area (Å²) in [6.45, 7) is 0. The molecule has 0 saturated carbocycles. The molecule has 0 unspecified atom stereocenters. The summed E-state index contributed by atoms with van der Waals surface area (Å²) in [6, 6.07) is 10.2. The summed E-state index contributed by atoms with van der Waals surface area (Å²) in [6.07, 6.45) is 1.15. The molecule has 4 nitrogen and oxygen atoms in total. The van der Waals surface area contributed by atoms with Gasteiger partial charge in [-0.25, -0.2) is 4.98 Å². The second-order valence-electron chi connectivity index (χ2n) is 4.35. The van der Waals surface area contributed by atoms with Crippen molar-refractivity contribution in [1.29, 1.82) is 0 Å². The number of aldehydes is 1. The third kappa shape index (κ3) is 2.81. The highest BCUT2D eigenvalue weighted by Crippen LogP contribution is 2.38. The van der Waals surface area contributed by atoms with Gasteiger partial charge in [0.2, 0.25) is 0 Å². The summed E-state index contributed by atoms with van der Waals surface area (Å²) in [5.41, 5.74) is 1.62. The van der Waals surface area contributed by atoms with Crippen LogP contribution >= 0.6 is 22.7 Å². The second kappa shape index (κ2) is 5.67. The fourth-order valence-electron chi connectivity index (χ4n) is 1.94. The van der Waals surface area contributed by atoms with E-state index in [2.05, 4.69) is 4.98 Å². The van der Waals surface area contributed by atoms with E-state index in [0.29, 0.717) is 6.42 Å². The highest BCUT2D eigenvalue weighted by Gasteiger charge is 2.15. The van der Waals surface area contributed by atoms with Gasteiger partial charge >= 0.3 is 0 Å². The van der Waals surface area contributed by atoms with Crippen LogP contribution in [0.25, 0.3) is 21.1 Å². The van der Waals surface area contributed by atoms with Crippen LogP contribution in [-0.2, 0) is 11.2 Å². The molecule has 2 aromatic heterocycles. The molecule has 6 heteroatoms. The van der Waals surface area contributed by atoms with Crippen molar-refractivity contribution in [3.63, 3.8) is 0 Å². The minimum Gasteiger partial charge on any atom is -0.508 e. The zero-order valence-electron chi connectivity index (χ0n) is 10.8. The second-order valence-corrected chi connectivity index (χ2v) is 6.49. The van der Waals surface area contributed by atoms with Gasteiger partial charge in [-0.15, -0.1) is 11.3 Å². The molecule has 3 rings (SSSR count). The lowest BCUT2D eigenvalue weighted by atomic mass is 10.2. The SMILES string of the molecule is O=CCc1sc(-c2ccc(O)cc2)nc1-c1ccc(O)s1. The summed E-state index contributed by atoms with van der Waals surface area (Å²) in [5, 5.41) is 19.8. The zero-order valence-corrected chi connectivity index (χ0v) is 12.4. The number of benzene rings is 1. The topological polar surface area (TPSA) is 70.4 Å². The Balaban J connectivity index is 2.07. The zero-order chi connectivity index (χ0) is 14.8. The van der Waals surface area contributed by atoms with Gasteiger partial charge in [-0.3, -0.25) is 0 Å². The van der Waals surface area contributed by atoms with Crippen molar-refractivity contribution < 1.29 is 15.0 Å². The number of phenols is 1. The molecule has 0 amide bonds. The fraction of sp³-hybridized carbons (Fsp3) is 0.0667. The monoisotopic (exact) mass is 317 g/mol. The predicted molar refractivity (Wildman–Crippen MR) is 84.0 cm³/mol. The molecule has 0 aliphatic carbocycles. The molecule has 0 atom stereocenters. The molecule has 0 radical (unpaired) electrons. The van der Waals surface area contributed by atoms with Crippen LogP contribution in [-0.4, -0.2) is 21.5 Å². The third-order valence-electron chi connectivity index (χ3n) is 2.91. The lowest BCUT2D eigenvalue weighted by molar-refractivity contribution is -0.107. The maximum Gasteiger partial charge on any atom is 0.171 e. The first kappa shape index (κ1) is 13.8. The molecule has 0 aliphatic heterocycles. The molecule has 0 saturated heterocycles. The van der Waals surface area contributed by atoms with Gasteiger partial charge in [-0.1, -0.05) is 11.3 Å². The summed E-state index contributed by atoms with van der Waals surface area (Å²) in [4.78, 5) is 17.2. The standard InChI is InChI=1S/C15H11NO3S2/c17-8-7-12-14(11-5-6-13(19)20-11)16-15(21-12)9-1-3-10(18)4-2-9/h1-6,8,18-19H,7H2. The van der Waals surface area contributed by atoms with E-state index in [0.717, 1.165) is 32.3 Å². The normalized spacial score (nSPS) is 10.7. The minimum absolute atomic E-state index is 0.201. The highest BCUT2D eigenvalue weighted by atomic mass is 32.1. The summed E-state index contributed by atoms with van der Waals surface area (Å²) in [7, 11) is 0. The van der Waals surface area contributed by atoms with Crippen molar-refractivity contribution in [1.82, 2.24) is 4.98 Å². The Kier molecular flexibility index (Phi) is 3.72. The Hall–Kier alpha value is -2.18. The van der Waals surface area contributed by atoms with Crippen molar-refractivity contribution >= 4 is 29.0 Å². The van der Waals surface area contributed by atoms with Crippen molar-refractivity contribution in [3.05, 3.63) is 41.3 Å². The van der Waals surface area contributed by atoms with Crippen LogP contribution in [0.3, 0.4) is 0 Å². The van der Waals surface area contributed by atoms with Crippen molar-refractivity contribution in [2.24, 2.45) is 0 Å². The average molecular weight is 317 g/mol. The van der Waals surface area contributed by atoms with Gasteiger partial charge in [0.25, 0.3) is 0 Å². The molecule has 0 bridgehead atoms. The summed E-state index contributed by atoms with van der Waals surface area (Å²) < 4.78 is 0. The first-order valence-corrected chi connectivity index (χ1v) is 7.82. The van der Waals surface area contributed by atoms with Gasteiger partial charge in [0.15, 0.2) is 5.06 Å². The fourth-order valence-corrected chi connectivity index (χ4v) is 3.80. The molecular weight excluding hydrogens is 306 g/mol. The number of thiophene rings is 1. The average Bonchev–Trinajstić information content (AvgIpc) is 3.07. The van der Waals surface area contributed by atoms with E-state index in [1.165, 1.54) is 22.7 Å². The molecule has 2 N–H and O–H groups in total. The molecule has 3 aromatic rings. The van der Waals surface area contributed by atoms with E-state index in [-0.39, 0.29) is 10.8 Å². The molecule has 106 valence electrons. The Morgan fingerprint density at radius 1 is 1.05 bits per heavy atom. The van der Waals surface area contributed by atoms with Crippen molar-refractivity contribution in [3.8, 4) is 32.0 Å². The first-order valence-electron chi connectivity index (χ1n) is 6.19. The van der Waals surface area contributed by atoms with E-state index >= 15 is 0 Å². The summed E-state index contributed by atoms with van der Waals surface area (Å²) >= 11 is 2.68. The third-order valence-corrected chi connectivity index (χ3v) is 4.93. The number of phenolic OH excluding ortho intramolecular Hbond substituents is 1. The van der Waals surface area contributed by atoms with Crippen molar-refractivity contribution in [2.75, 3.05) is 0 Å². The largest absolute Gasteiger partial charge is 0.508 e. The molecule has 21 heavy (non-hydrogen) atoms. The maximum atomic E-state index is 10.9. The number of carbonyl (C=O) groups excluding carboxylic acids is 1. The van der Waals surface area contributed by atoms with Gasteiger partial charge in [0, 0.05) is 16.9 Å². The van der Waals surface area contributed by atoms with E-state index in [9.17, 15) is 15.0 Å². The van der Waals surface area contributed by atoms with Gasteiger partial charge < -0.3 is 15.0 Å². The molecule has 0 fully saturated rings. The van der Waals surface area contributed by atoms with Crippen LogP contribution in [0.15, 0.2) is 36.4 Å². The lowest BCUT2D eigenvalue weighted by Gasteiger charge is -1.95. The number of nitrogens with zero attached hydrogens (tertiary/aromatic N) is 1. The quantitative estimate of drug-likeness (QED) is 0.720. The molecule has 0 aliphatic rings. The van der Waals surface area contributed by atoms with Crippen LogP contribution in [0.1, 0.15) is 4.88 Å². The Morgan fingerprint density at radius 3 is 2.43 bits per heavy atom. The number of rotatable bonds is 4. The molecule has 2 heterocycles. The van der Waals surface area contributed by atoms with E-state index in [1.54, 1.807) is 36.4 Å². The Morgan fingerprint density at radius 2 is 1.81 bits per heavy atom. The molecule has 0 spiro atoms. The molecular formula is C15H11NO3S2. The molecule has 1 aromatic carbocycles. The Labute approximate surface area is 129 Å². The van der Waals surface area contributed by atoms with Crippen LogP contribution < -0.4 is 0 Å². The maximum absolute atomic E-state index is 10.9. The van der Waals surface area contributed by atoms with Gasteiger partial charge in [-0.05, 0) is 36.4 Å². The van der Waals surface area contributed by atoms with E-state index < -0.39 is 0 Å². The van der Waals surface area contributed by atoms with Crippen LogP contribution in [0.5, 0.6) is 10.8 Å². The van der Waals surface area contributed by atoms with Crippen molar-refractivity contribution in [2.45, 2.75) is 6.42 Å². The van der Waals surface area contributed by atoms with Gasteiger partial charge in [-0.2, -0.15) is 0 Å². The van der Waals surface area contributed by atoms with Gasteiger partial charge in [0.05, 0.1) is 10.6 Å². The lowest BCUT2D eigenvalue weighted by Crippen LogP contribution is -1.84.